The van der Waals surface area contributed by atoms with E-state index in [9.17, 15) is 14.4 Å². The molecule has 2 unspecified atom stereocenters. The standard InChI is InChI=1S/C23H34N2O4.C5H8N2OS/c1-4-5-6-22(26)24-13-15-28-17-18-29-16-14-25-23(27)21-11-9-20(10-12-21)8-7-19(2)3;8-5-6-3-1-9-2-4(3)7-5/h9-12,19H,4-6,13-18H2,1-3H3,(H,24,26)(H,25,27);3-4H,1-2H2,(H2,6,7,8). The molecule has 0 radical (unpaired) electrons. The lowest BCUT2D eigenvalue weighted by Gasteiger charge is -2.08. The number of thioether (sulfide) groups is 1. The molecule has 4 N–H and O–H groups in total. The molecule has 3 rings (SSSR count). The third-order valence-corrected chi connectivity index (χ3v) is 6.79. The second kappa shape index (κ2) is 18.5. The molecule has 0 saturated carbocycles. The summed E-state index contributed by atoms with van der Waals surface area (Å²) in [5.41, 5.74) is 1.50. The maximum Gasteiger partial charge on any atom is 0.315 e. The van der Waals surface area contributed by atoms with E-state index in [-0.39, 0.29) is 17.8 Å². The second-order valence-electron chi connectivity index (χ2n) is 9.30. The third kappa shape index (κ3) is 13.2. The van der Waals surface area contributed by atoms with Crippen LogP contribution in [-0.2, 0) is 14.3 Å². The number of nitrogens with one attached hydrogen (secondary N) is 4. The maximum atomic E-state index is 12.1. The first-order valence-corrected chi connectivity index (χ1v) is 14.5. The van der Waals surface area contributed by atoms with Crippen molar-refractivity contribution in [2.75, 3.05) is 51.0 Å². The van der Waals surface area contributed by atoms with E-state index in [1.165, 1.54) is 0 Å². The number of carbonyl (C=O) groups excluding carboxylic acids is 3. The zero-order valence-corrected chi connectivity index (χ0v) is 23.6. The first-order valence-electron chi connectivity index (χ1n) is 13.4. The second-order valence-corrected chi connectivity index (χ2v) is 10.4. The van der Waals surface area contributed by atoms with Crippen LogP contribution in [0.5, 0.6) is 0 Å². The quantitative estimate of drug-likeness (QED) is 0.172. The summed E-state index contributed by atoms with van der Waals surface area (Å²) in [4.78, 5) is 34.1. The van der Waals surface area contributed by atoms with E-state index in [1.807, 2.05) is 37.7 Å². The van der Waals surface area contributed by atoms with E-state index in [0.29, 0.717) is 69.5 Å². The molecule has 0 bridgehead atoms. The maximum absolute atomic E-state index is 12.1. The number of benzene rings is 1. The fourth-order valence-corrected chi connectivity index (χ4v) is 4.77. The number of unbranched alkanes of at least 4 members (excludes halogenated alkanes) is 1. The number of hydrogen-bond donors (Lipinski definition) is 4. The molecule has 2 atom stereocenters. The Hall–Kier alpha value is -2.74. The predicted molar refractivity (Wildman–Crippen MR) is 151 cm³/mol. The Morgan fingerprint density at radius 2 is 1.61 bits per heavy atom. The number of amides is 4. The minimum atomic E-state index is -0.132. The Labute approximate surface area is 230 Å². The summed E-state index contributed by atoms with van der Waals surface area (Å²) in [7, 11) is 0. The van der Waals surface area contributed by atoms with Gasteiger partial charge in [-0.3, -0.25) is 9.59 Å². The van der Waals surface area contributed by atoms with Crippen molar-refractivity contribution in [3.05, 3.63) is 35.4 Å². The summed E-state index contributed by atoms with van der Waals surface area (Å²) in [6.45, 7) is 8.87. The summed E-state index contributed by atoms with van der Waals surface area (Å²) in [6, 6.07) is 8.06. The van der Waals surface area contributed by atoms with E-state index in [1.54, 1.807) is 12.1 Å². The van der Waals surface area contributed by atoms with Crippen molar-refractivity contribution in [1.82, 2.24) is 21.3 Å². The van der Waals surface area contributed by atoms with E-state index in [2.05, 4.69) is 40.0 Å². The first-order chi connectivity index (χ1) is 18.4. The van der Waals surface area contributed by atoms with Gasteiger partial charge in [0.25, 0.3) is 5.91 Å². The van der Waals surface area contributed by atoms with Gasteiger partial charge in [0, 0.05) is 48.1 Å². The van der Waals surface area contributed by atoms with Crippen LogP contribution in [0.3, 0.4) is 0 Å². The number of carbonyl (C=O) groups is 3. The molecule has 2 fully saturated rings. The van der Waals surface area contributed by atoms with E-state index < -0.39 is 0 Å². The molecule has 2 heterocycles. The molecule has 0 spiro atoms. The molecular formula is C28H42N4O5S. The Balaban J connectivity index is 0.000000464. The molecule has 4 amide bonds. The summed E-state index contributed by atoms with van der Waals surface area (Å²) >= 11 is 1.89. The van der Waals surface area contributed by atoms with E-state index in [0.717, 1.165) is 29.9 Å². The van der Waals surface area contributed by atoms with Crippen LogP contribution < -0.4 is 21.3 Å². The van der Waals surface area contributed by atoms with Gasteiger partial charge in [-0.25, -0.2) is 4.79 Å². The van der Waals surface area contributed by atoms with Crippen LogP contribution in [0, 0.1) is 17.8 Å². The highest BCUT2D eigenvalue weighted by atomic mass is 32.2. The van der Waals surface area contributed by atoms with Crippen LogP contribution in [0.4, 0.5) is 4.79 Å². The van der Waals surface area contributed by atoms with Crippen molar-refractivity contribution in [1.29, 1.82) is 0 Å². The number of urea groups is 1. The van der Waals surface area contributed by atoms with Gasteiger partial charge in [0.2, 0.25) is 5.91 Å². The molecule has 9 nitrogen and oxygen atoms in total. The van der Waals surface area contributed by atoms with Crippen LogP contribution in [0.15, 0.2) is 24.3 Å². The smallest absolute Gasteiger partial charge is 0.315 e. The topological polar surface area (TPSA) is 118 Å². The van der Waals surface area contributed by atoms with Crippen molar-refractivity contribution in [2.45, 2.75) is 52.1 Å². The fraction of sp³-hybridized carbons (Fsp3) is 0.607. The predicted octanol–water partition coefficient (Wildman–Crippen LogP) is 2.55. The number of ether oxygens (including phenoxy) is 2. The Bertz CT molecular complexity index is 915. The molecule has 2 saturated heterocycles. The lowest BCUT2D eigenvalue weighted by Crippen LogP contribution is -2.31. The third-order valence-electron chi connectivity index (χ3n) is 5.60. The highest BCUT2D eigenvalue weighted by Crippen LogP contribution is 2.20. The molecule has 1 aromatic carbocycles. The molecule has 38 heavy (non-hydrogen) atoms. The van der Waals surface area contributed by atoms with Gasteiger partial charge in [-0.2, -0.15) is 11.8 Å². The molecule has 1 aromatic rings. The minimum Gasteiger partial charge on any atom is -0.377 e. The van der Waals surface area contributed by atoms with Crippen molar-refractivity contribution < 1.29 is 23.9 Å². The Morgan fingerprint density at radius 3 is 2.18 bits per heavy atom. The summed E-state index contributed by atoms with van der Waals surface area (Å²) < 4.78 is 10.8. The summed E-state index contributed by atoms with van der Waals surface area (Å²) in [5, 5.41) is 11.3. The Kier molecular flexibility index (Phi) is 15.3. The summed E-state index contributed by atoms with van der Waals surface area (Å²) in [6.07, 6.45) is 2.50. The van der Waals surface area contributed by atoms with Gasteiger partial charge in [0.15, 0.2) is 0 Å². The molecule has 0 aromatic heterocycles. The Morgan fingerprint density at radius 1 is 1.00 bits per heavy atom. The van der Waals surface area contributed by atoms with Crippen molar-refractivity contribution >= 4 is 29.6 Å². The highest BCUT2D eigenvalue weighted by Gasteiger charge is 2.35. The molecule has 2 aliphatic rings. The zero-order chi connectivity index (χ0) is 27.6. The summed E-state index contributed by atoms with van der Waals surface area (Å²) in [5.74, 6) is 8.57. The van der Waals surface area contributed by atoms with Gasteiger partial charge in [0.05, 0.1) is 38.5 Å². The zero-order valence-electron chi connectivity index (χ0n) is 22.8. The van der Waals surface area contributed by atoms with Crippen molar-refractivity contribution in [3.8, 4) is 11.8 Å². The van der Waals surface area contributed by atoms with Gasteiger partial charge in [-0.05, 0) is 30.7 Å². The lowest BCUT2D eigenvalue weighted by molar-refractivity contribution is -0.121. The van der Waals surface area contributed by atoms with Crippen LogP contribution in [0.25, 0.3) is 0 Å². The molecule has 210 valence electrons. The number of rotatable bonds is 13. The molecular weight excluding hydrogens is 504 g/mol. The van der Waals surface area contributed by atoms with Crippen LogP contribution in [0.1, 0.15) is 56.0 Å². The van der Waals surface area contributed by atoms with Crippen LogP contribution in [0.2, 0.25) is 0 Å². The average Bonchev–Trinajstić information content (AvgIpc) is 3.48. The fourth-order valence-electron chi connectivity index (χ4n) is 3.50. The van der Waals surface area contributed by atoms with Crippen LogP contribution in [-0.4, -0.2) is 81.0 Å². The van der Waals surface area contributed by atoms with Crippen LogP contribution >= 0.6 is 11.8 Å². The van der Waals surface area contributed by atoms with E-state index >= 15 is 0 Å². The van der Waals surface area contributed by atoms with Gasteiger partial charge in [-0.15, -0.1) is 0 Å². The molecule has 10 heteroatoms. The SMILES string of the molecule is CCCCC(=O)NCCOCCOCCNC(=O)c1ccc(C#CC(C)C)cc1.O=C1NC2CSCC2N1. The van der Waals surface area contributed by atoms with Crippen molar-refractivity contribution in [3.63, 3.8) is 0 Å². The van der Waals surface area contributed by atoms with Gasteiger partial charge < -0.3 is 30.7 Å². The van der Waals surface area contributed by atoms with Gasteiger partial charge in [0.1, 0.15) is 0 Å². The highest BCUT2D eigenvalue weighted by molar-refractivity contribution is 7.99. The van der Waals surface area contributed by atoms with Crippen molar-refractivity contribution in [2.24, 2.45) is 5.92 Å². The van der Waals surface area contributed by atoms with Gasteiger partial charge >= 0.3 is 6.03 Å². The molecule has 2 aliphatic heterocycles. The minimum absolute atomic E-state index is 0.00491. The van der Waals surface area contributed by atoms with Gasteiger partial charge in [-0.1, -0.05) is 39.0 Å². The average molecular weight is 547 g/mol. The number of hydrogen-bond acceptors (Lipinski definition) is 6. The largest absolute Gasteiger partial charge is 0.377 e. The number of fused-ring (bicyclic) bond motifs is 1. The van der Waals surface area contributed by atoms with E-state index in [4.69, 9.17) is 9.47 Å². The molecule has 0 aliphatic carbocycles. The lowest BCUT2D eigenvalue weighted by atomic mass is 10.1. The normalized spacial score (nSPS) is 17.3. The first kappa shape index (κ1) is 31.5. The monoisotopic (exact) mass is 546 g/mol.